The van der Waals surface area contributed by atoms with Gasteiger partial charge in [-0.3, -0.25) is 4.79 Å². The summed E-state index contributed by atoms with van der Waals surface area (Å²) in [7, 11) is 0. The Bertz CT molecular complexity index is 190. The first kappa shape index (κ1) is 11.5. The minimum Gasteiger partial charge on any atom is -0.330 e. The monoisotopic (exact) mass is 199 g/mol. The fourth-order valence-corrected chi connectivity index (χ4v) is 0.948. The van der Waals surface area contributed by atoms with E-state index in [1.54, 1.807) is 0 Å². The molecule has 0 spiro atoms. The van der Waals surface area contributed by atoms with Crippen molar-refractivity contribution in [2.24, 2.45) is 5.73 Å². The third-order valence-corrected chi connectivity index (χ3v) is 1.89. The highest BCUT2D eigenvalue weighted by atomic mass is 32.2. The van der Waals surface area contributed by atoms with Gasteiger partial charge in [0.15, 0.2) is 0 Å². The van der Waals surface area contributed by atoms with Crippen LogP contribution in [0.4, 0.5) is 13.2 Å². The number of nitrogens with two attached hydrogens (primary N) is 1. The van der Waals surface area contributed by atoms with E-state index in [1.165, 1.54) is 0 Å². The summed E-state index contributed by atoms with van der Waals surface area (Å²) in [6.45, 7) is 2.81. The Morgan fingerprint density at radius 3 is 2.33 bits per heavy atom. The average Bonchev–Trinajstić information content (AvgIpc) is 1.97. The van der Waals surface area contributed by atoms with Crippen molar-refractivity contribution in [2.75, 3.05) is 12.3 Å². The van der Waals surface area contributed by atoms with Gasteiger partial charge in [-0.25, -0.2) is 0 Å². The Morgan fingerprint density at radius 2 is 2.00 bits per heavy atom. The van der Waals surface area contributed by atoms with Crippen molar-refractivity contribution in [3.05, 3.63) is 12.2 Å². The van der Waals surface area contributed by atoms with E-state index in [-0.39, 0.29) is 12.3 Å². The molecule has 0 unspecified atom stereocenters. The summed E-state index contributed by atoms with van der Waals surface area (Å²) in [6, 6.07) is 0. The molecular weight excluding hydrogens is 191 g/mol. The van der Waals surface area contributed by atoms with Crippen LogP contribution in [0.1, 0.15) is 0 Å². The number of alkyl halides is 3. The van der Waals surface area contributed by atoms with Crippen molar-refractivity contribution in [1.29, 1.82) is 0 Å². The smallest absolute Gasteiger partial charge is 0.330 e. The van der Waals surface area contributed by atoms with E-state index < -0.39 is 16.9 Å². The van der Waals surface area contributed by atoms with Crippen LogP contribution in [0.2, 0.25) is 0 Å². The maximum atomic E-state index is 11.8. The Balaban J connectivity index is 4.04. The van der Waals surface area contributed by atoms with Gasteiger partial charge in [-0.05, 0) is 0 Å². The molecule has 0 aliphatic heterocycles. The van der Waals surface area contributed by atoms with E-state index in [2.05, 4.69) is 6.58 Å². The van der Waals surface area contributed by atoms with Gasteiger partial charge in [0.2, 0.25) is 5.12 Å². The lowest BCUT2D eigenvalue weighted by atomic mass is 10.3. The van der Waals surface area contributed by atoms with Crippen LogP contribution in [0.5, 0.6) is 0 Å². The zero-order chi connectivity index (χ0) is 9.78. The molecular formula is C6H8F3NOS. The maximum absolute atomic E-state index is 11.8. The second-order valence-electron chi connectivity index (χ2n) is 1.90. The van der Waals surface area contributed by atoms with Crippen LogP contribution in [-0.2, 0) is 4.79 Å². The maximum Gasteiger partial charge on any atom is 0.420 e. The van der Waals surface area contributed by atoms with E-state index in [9.17, 15) is 18.0 Å². The molecule has 12 heavy (non-hydrogen) atoms. The Morgan fingerprint density at radius 1 is 1.50 bits per heavy atom. The van der Waals surface area contributed by atoms with Crippen molar-refractivity contribution >= 4 is 16.9 Å². The minimum atomic E-state index is -4.63. The molecule has 0 aliphatic carbocycles. The minimum absolute atomic E-state index is 0.168. The van der Waals surface area contributed by atoms with Gasteiger partial charge in [0.1, 0.15) is 5.57 Å². The molecule has 6 heteroatoms. The second-order valence-corrected chi connectivity index (χ2v) is 2.97. The lowest BCUT2D eigenvalue weighted by molar-refractivity contribution is -0.121. The zero-order valence-corrected chi connectivity index (χ0v) is 6.97. The second kappa shape index (κ2) is 4.51. The summed E-state index contributed by atoms with van der Waals surface area (Å²) in [5, 5.41) is -1.06. The summed E-state index contributed by atoms with van der Waals surface area (Å²) in [6.07, 6.45) is -4.63. The largest absolute Gasteiger partial charge is 0.420 e. The molecule has 0 bridgehead atoms. The number of hydrogen-bond acceptors (Lipinski definition) is 3. The lowest BCUT2D eigenvalue weighted by Gasteiger charge is -2.07. The van der Waals surface area contributed by atoms with Crippen molar-refractivity contribution in [2.45, 2.75) is 6.18 Å². The van der Waals surface area contributed by atoms with Gasteiger partial charge in [-0.1, -0.05) is 18.3 Å². The van der Waals surface area contributed by atoms with Crippen molar-refractivity contribution < 1.29 is 18.0 Å². The Kier molecular flexibility index (Phi) is 4.33. The van der Waals surface area contributed by atoms with Crippen LogP contribution in [0, 0.1) is 0 Å². The number of carbonyl (C=O) groups excluding carboxylic acids is 1. The molecule has 0 aromatic rings. The van der Waals surface area contributed by atoms with Crippen molar-refractivity contribution in [3.8, 4) is 0 Å². The summed E-state index contributed by atoms with van der Waals surface area (Å²) in [4.78, 5) is 10.6. The van der Waals surface area contributed by atoms with Crippen LogP contribution in [0.15, 0.2) is 12.2 Å². The first-order valence-electron chi connectivity index (χ1n) is 3.03. The summed E-state index contributed by atoms with van der Waals surface area (Å²) < 4.78 is 35.3. The number of rotatable bonds is 3. The van der Waals surface area contributed by atoms with Gasteiger partial charge in [-0.2, -0.15) is 13.2 Å². The Hall–Kier alpha value is -0.490. The van der Waals surface area contributed by atoms with E-state index in [0.717, 1.165) is 0 Å². The van der Waals surface area contributed by atoms with Crippen LogP contribution in [-0.4, -0.2) is 23.6 Å². The topological polar surface area (TPSA) is 43.1 Å². The molecule has 0 amide bonds. The molecule has 0 atom stereocenters. The molecule has 0 aromatic carbocycles. The molecule has 0 aromatic heterocycles. The standard InChI is InChI=1S/C6H8F3NOS/c1-4(6(7,8)9)5(11)12-3-2-10/h1-3,10H2. The lowest BCUT2D eigenvalue weighted by Crippen LogP contribution is -2.18. The molecule has 0 saturated heterocycles. The third kappa shape index (κ3) is 3.77. The van der Waals surface area contributed by atoms with Crippen LogP contribution in [0.3, 0.4) is 0 Å². The zero-order valence-electron chi connectivity index (χ0n) is 6.15. The highest BCUT2D eigenvalue weighted by molar-refractivity contribution is 8.14. The van der Waals surface area contributed by atoms with E-state index in [0.29, 0.717) is 11.8 Å². The number of thioether (sulfide) groups is 1. The molecule has 0 radical (unpaired) electrons. The molecule has 0 rings (SSSR count). The third-order valence-electron chi connectivity index (χ3n) is 0.940. The van der Waals surface area contributed by atoms with E-state index >= 15 is 0 Å². The highest BCUT2D eigenvalue weighted by Crippen LogP contribution is 2.27. The van der Waals surface area contributed by atoms with Gasteiger partial charge >= 0.3 is 6.18 Å². The van der Waals surface area contributed by atoms with Gasteiger partial charge in [0.25, 0.3) is 0 Å². The molecule has 0 saturated carbocycles. The first-order valence-corrected chi connectivity index (χ1v) is 4.01. The summed E-state index contributed by atoms with van der Waals surface area (Å²) >= 11 is 0.528. The van der Waals surface area contributed by atoms with Gasteiger partial charge in [-0.15, -0.1) is 0 Å². The normalized spacial score (nSPS) is 11.3. The molecule has 0 fully saturated rings. The molecule has 2 nitrogen and oxygen atoms in total. The SMILES string of the molecule is C=C(C(=O)SCCN)C(F)(F)F. The van der Waals surface area contributed by atoms with Gasteiger partial charge in [0, 0.05) is 12.3 Å². The highest BCUT2D eigenvalue weighted by Gasteiger charge is 2.36. The summed E-state index contributed by atoms with van der Waals surface area (Å²) in [5.74, 6) is 0.175. The number of hydrogen-bond donors (Lipinski definition) is 1. The quantitative estimate of drug-likeness (QED) is 0.697. The van der Waals surface area contributed by atoms with Crippen molar-refractivity contribution in [1.82, 2.24) is 0 Å². The van der Waals surface area contributed by atoms with Crippen LogP contribution >= 0.6 is 11.8 Å². The van der Waals surface area contributed by atoms with Crippen molar-refractivity contribution in [3.63, 3.8) is 0 Å². The average molecular weight is 199 g/mol. The summed E-state index contributed by atoms with van der Waals surface area (Å²) in [5.41, 5.74) is 3.67. The van der Waals surface area contributed by atoms with Crippen LogP contribution in [0.25, 0.3) is 0 Å². The predicted octanol–water partition coefficient (Wildman–Crippen LogP) is 1.32. The van der Waals surface area contributed by atoms with Crippen LogP contribution < -0.4 is 5.73 Å². The van der Waals surface area contributed by atoms with Gasteiger partial charge < -0.3 is 5.73 Å². The number of halogens is 3. The Labute approximate surface area is 72.0 Å². The van der Waals surface area contributed by atoms with Gasteiger partial charge in [0.05, 0.1) is 0 Å². The van der Waals surface area contributed by atoms with E-state index in [1.807, 2.05) is 0 Å². The molecule has 0 aliphatic rings. The number of carbonyl (C=O) groups is 1. The molecule has 0 heterocycles. The molecule has 70 valence electrons. The predicted molar refractivity (Wildman–Crippen MR) is 41.7 cm³/mol. The van der Waals surface area contributed by atoms with E-state index in [4.69, 9.17) is 5.73 Å². The fraction of sp³-hybridized carbons (Fsp3) is 0.500. The fourth-order valence-electron chi connectivity index (χ4n) is 0.354. The molecule has 2 N–H and O–H groups in total. The first-order chi connectivity index (χ1) is 5.39.